The second kappa shape index (κ2) is 4.61. The number of carbonyl (C=O) groups is 1. The number of fused-ring (bicyclic) bond motifs is 1. The number of hydrogen-bond acceptors (Lipinski definition) is 4. The number of nitrogens with zero attached hydrogens (tertiary/aromatic N) is 1. The zero-order chi connectivity index (χ0) is 13.2. The maximum Gasteiger partial charge on any atom is 0.274 e. The zero-order valence-electron chi connectivity index (χ0n) is 10.3. The Kier molecular flexibility index (Phi) is 2.79. The van der Waals surface area contributed by atoms with E-state index in [-0.39, 0.29) is 12.7 Å². The van der Waals surface area contributed by atoms with Gasteiger partial charge in [0.05, 0.1) is 0 Å². The molecule has 1 aromatic carbocycles. The number of ether oxygens (including phenoxy) is 2. The van der Waals surface area contributed by atoms with Crippen molar-refractivity contribution in [2.24, 2.45) is 0 Å². The topological polar surface area (TPSA) is 60.5 Å². The summed E-state index contributed by atoms with van der Waals surface area (Å²) in [5.41, 5.74) is 1.84. The van der Waals surface area contributed by atoms with E-state index in [9.17, 15) is 4.79 Å². The van der Waals surface area contributed by atoms with E-state index in [4.69, 9.17) is 9.47 Å². The lowest BCUT2D eigenvalue weighted by Crippen LogP contribution is -2.13. The van der Waals surface area contributed by atoms with Crippen LogP contribution in [0.25, 0.3) is 0 Å². The molecule has 19 heavy (non-hydrogen) atoms. The maximum atomic E-state index is 12.0. The third kappa shape index (κ3) is 2.35. The van der Waals surface area contributed by atoms with Gasteiger partial charge in [0, 0.05) is 17.4 Å². The largest absolute Gasteiger partial charge is 0.454 e. The van der Waals surface area contributed by atoms with Gasteiger partial charge in [-0.2, -0.15) is 0 Å². The first-order valence-electron chi connectivity index (χ1n) is 5.87. The van der Waals surface area contributed by atoms with Crippen molar-refractivity contribution < 1.29 is 14.3 Å². The van der Waals surface area contributed by atoms with Gasteiger partial charge in [-0.25, -0.2) is 4.98 Å². The van der Waals surface area contributed by atoms with Gasteiger partial charge in [-0.1, -0.05) is 6.07 Å². The predicted octanol–water partition coefficient (Wildman–Crippen LogP) is 2.37. The van der Waals surface area contributed by atoms with Crippen molar-refractivity contribution in [2.45, 2.75) is 6.92 Å². The van der Waals surface area contributed by atoms with Gasteiger partial charge in [0.25, 0.3) is 5.91 Å². The number of pyridine rings is 1. The van der Waals surface area contributed by atoms with Gasteiger partial charge in [-0.3, -0.25) is 4.79 Å². The summed E-state index contributed by atoms with van der Waals surface area (Å²) >= 11 is 0. The molecule has 1 N–H and O–H groups in total. The van der Waals surface area contributed by atoms with E-state index >= 15 is 0 Å². The van der Waals surface area contributed by atoms with Crippen LogP contribution in [-0.2, 0) is 0 Å². The van der Waals surface area contributed by atoms with Crippen LogP contribution in [0.15, 0.2) is 36.4 Å². The van der Waals surface area contributed by atoms with Crippen molar-refractivity contribution in [3.05, 3.63) is 47.8 Å². The van der Waals surface area contributed by atoms with Crippen molar-refractivity contribution in [3.63, 3.8) is 0 Å². The zero-order valence-corrected chi connectivity index (χ0v) is 10.3. The van der Waals surface area contributed by atoms with E-state index in [1.54, 1.807) is 30.3 Å². The Morgan fingerprint density at radius 2 is 2.05 bits per heavy atom. The molecule has 1 aliphatic heterocycles. The van der Waals surface area contributed by atoms with E-state index in [0.717, 1.165) is 5.69 Å². The van der Waals surface area contributed by atoms with E-state index in [0.29, 0.717) is 22.9 Å². The summed E-state index contributed by atoms with van der Waals surface area (Å²) in [5, 5.41) is 2.78. The second-order valence-electron chi connectivity index (χ2n) is 4.19. The number of hydrogen-bond donors (Lipinski definition) is 1. The van der Waals surface area contributed by atoms with Crippen LogP contribution >= 0.6 is 0 Å². The molecule has 0 fully saturated rings. The molecule has 1 aromatic heterocycles. The van der Waals surface area contributed by atoms with Crippen molar-refractivity contribution >= 4 is 11.6 Å². The molecule has 0 aliphatic carbocycles. The highest BCUT2D eigenvalue weighted by atomic mass is 16.7. The van der Waals surface area contributed by atoms with Crippen molar-refractivity contribution in [1.82, 2.24) is 4.98 Å². The lowest BCUT2D eigenvalue weighted by Gasteiger charge is -2.06. The number of aryl methyl sites for hydroxylation is 1. The summed E-state index contributed by atoms with van der Waals surface area (Å²) in [6.45, 7) is 2.06. The SMILES string of the molecule is Cc1cccc(C(=O)Nc2ccc3c(c2)OCO3)n1. The first-order chi connectivity index (χ1) is 9.22. The molecule has 0 saturated carbocycles. The van der Waals surface area contributed by atoms with Gasteiger partial charge < -0.3 is 14.8 Å². The molecule has 5 nitrogen and oxygen atoms in total. The Balaban J connectivity index is 1.80. The molecule has 96 valence electrons. The summed E-state index contributed by atoms with van der Waals surface area (Å²) in [6.07, 6.45) is 0. The number of nitrogens with one attached hydrogen (secondary N) is 1. The van der Waals surface area contributed by atoms with Crippen molar-refractivity contribution in [3.8, 4) is 11.5 Å². The minimum atomic E-state index is -0.248. The van der Waals surface area contributed by atoms with Gasteiger partial charge in [0.15, 0.2) is 11.5 Å². The molecule has 0 saturated heterocycles. The highest BCUT2D eigenvalue weighted by Crippen LogP contribution is 2.34. The molecule has 3 rings (SSSR count). The molecule has 2 heterocycles. The first-order valence-corrected chi connectivity index (χ1v) is 5.87. The highest BCUT2D eigenvalue weighted by molar-refractivity contribution is 6.03. The Hall–Kier alpha value is -2.56. The van der Waals surface area contributed by atoms with E-state index < -0.39 is 0 Å². The van der Waals surface area contributed by atoms with Crippen LogP contribution in [0.2, 0.25) is 0 Å². The number of anilines is 1. The fourth-order valence-electron chi connectivity index (χ4n) is 1.84. The normalized spacial score (nSPS) is 12.3. The van der Waals surface area contributed by atoms with Crippen LogP contribution in [0, 0.1) is 6.92 Å². The number of carbonyl (C=O) groups excluding carboxylic acids is 1. The third-order valence-electron chi connectivity index (χ3n) is 2.75. The molecular weight excluding hydrogens is 244 g/mol. The quantitative estimate of drug-likeness (QED) is 0.896. The molecule has 1 amide bonds. The average Bonchev–Trinajstić information content (AvgIpc) is 2.86. The molecule has 0 unspecified atom stereocenters. The minimum Gasteiger partial charge on any atom is -0.454 e. The molecule has 0 spiro atoms. The second-order valence-corrected chi connectivity index (χ2v) is 4.19. The van der Waals surface area contributed by atoms with Gasteiger partial charge in [0.1, 0.15) is 5.69 Å². The molecule has 0 radical (unpaired) electrons. The van der Waals surface area contributed by atoms with Gasteiger partial charge in [0.2, 0.25) is 6.79 Å². The van der Waals surface area contributed by atoms with Crippen molar-refractivity contribution in [2.75, 3.05) is 12.1 Å². The predicted molar refractivity (Wildman–Crippen MR) is 69.5 cm³/mol. The summed E-state index contributed by atoms with van der Waals surface area (Å²) in [5.74, 6) is 1.07. The van der Waals surface area contributed by atoms with Crippen LogP contribution in [0.3, 0.4) is 0 Å². The Bertz CT molecular complexity index is 640. The lowest BCUT2D eigenvalue weighted by atomic mass is 10.2. The van der Waals surface area contributed by atoms with Gasteiger partial charge in [-0.15, -0.1) is 0 Å². The number of rotatable bonds is 2. The van der Waals surface area contributed by atoms with Gasteiger partial charge >= 0.3 is 0 Å². The molecule has 2 aromatic rings. The van der Waals surface area contributed by atoms with Crippen molar-refractivity contribution in [1.29, 1.82) is 0 Å². The van der Waals surface area contributed by atoms with Crippen LogP contribution in [0.4, 0.5) is 5.69 Å². The number of aromatic nitrogens is 1. The first kappa shape index (κ1) is 11.5. The highest BCUT2D eigenvalue weighted by Gasteiger charge is 2.14. The minimum absolute atomic E-state index is 0.214. The Morgan fingerprint density at radius 1 is 1.21 bits per heavy atom. The third-order valence-corrected chi connectivity index (χ3v) is 2.75. The average molecular weight is 256 g/mol. The van der Waals surface area contributed by atoms with Crippen LogP contribution in [-0.4, -0.2) is 17.7 Å². The maximum absolute atomic E-state index is 12.0. The Morgan fingerprint density at radius 3 is 2.89 bits per heavy atom. The molecule has 0 atom stereocenters. The Labute approximate surface area is 110 Å². The van der Waals surface area contributed by atoms with E-state index in [1.807, 2.05) is 13.0 Å². The molecule has 1 aliphatic rings. The van der Waals surface area contributed by atoms with Crippen LogP contribution in [0.1, 0.15) is 16.2 Å². The molecule has 0 bridgehead atoms. The summed E-state index contributed by atoms with van der Waals surface area (Å²) in [4.78, 5) is 16.2. The monoisotopic (exact) mass is 256 g/mol. The summed E-state index contributed by atoms with van der Waals surface area (Å²) in [7, 11) is 0. The fourth-order valence-corrected chi connectivity index (χ4v) is 1.84. The summed E-state index contributed by atoms with van der Waals surface area (Å²) < 4.78 is 10.5. The number of amides is 1. The van der Waals surface area contributed by atoms with E-state index in [2.05, 4.69) is 10.3 Å². The molecular formula is C14H12N2O3. The lowest BCUT2D eigenvalue weighted by molar-refractivity contribution is 0.102. The van der Waals surface area contributed by atoms with Crippen LogP contribution < -0.4 is 14.8 Å². The van der Waals surface area contributed by atoms with Gasteiger partial charge in [-0.05, 0) is 31.2 Å². The summed E-state index contributed by atoms with van der Waals surface area (Å²) in [6, 6.07) is 10.6. The molecule has 5 heteroatoms. The fraction of sp³-hybridized carbons (Fsp3) is 0.143. The van der Waals surface area contributed by atoms with E-state index in [1.165, 1.54) is 0 Å². The number of benzene rings is 1. The standard InChI is InChI=1S/C14H12N2O3/c1-9-3-2-4-11(15-9)14(17)16-10-5-6-12-13(7-10)19-8-18-12/h2-7H,8H2,1H3,(H,16,17). The smallest absolute Gasteiger partial charge is 0.274 e. The van der Waals surface area contributed by atoms with Crippen LogP contribution in [0.5, 0.6) is 11.5 Å².